The number of hydrogen-bond donors (Lipinski definition) is 0. The first-order valence-electron chi connectivity index (χ1n) is 8.04. The second kappa shape index (κ2) is 11.4. The Balaban J connectivity index is 2.11. The number of unbranched alkanes of at least 4 members (excludes halogenated alkanes) is 8. The molecule has 2 heteroatoms. The van der Waals surface area contributed by atoms with Gasteiger partial charge >= 0.3 is 0 Å². The first-order chi connectivity index (χ1) is 9.88. The third-order valence-electron chi connectivity index (χ3n) is 3.71. The van der Waals surface area contributed by atoms with E-state index in [-0.39, 0.29) is 0 Å². The molecule has 0 amide bonds. The van der Waals surface area contributed by atoms with Crippen molar-refractivity contribution in [3.05, 3.63) is 29.8 Å². The van der Waals surface area contributed by atoms with E-state index in [1.54, 1.807) is 6.08 Å². The molecule has 0 aliphatic carbocycles. The monoisotopic (exact) mass is 273 g/mol. The van der Waals surface area contributed by atoms with Crippen molar-refractivity contribution < 1.29 is 4.79 Å². The minimum atomic E-state index is 0.780. The molecule has 0 radical (unpaired) electrons. The predicted octanol–water partition coefficient (Wildman–Crippen LogP) is 5.73. The van der Waals surface area contributed by atoms with Crippen LogP contribution in [0.3, 0.4) is 0 Å². The van der Waals surface area contributed by atoms with Crippen LogP contribution >= 0.6 is 0 Å². The fraction of sp³-hybridized carbons (Fsp3) is 0.611. The number of benzene rings is 1. The highest BCUT2D eigenvalue weighted by Gasteiger charge is 2.00. The van der Waals surface area contributed by atoms with Gasteiger partial charge in [-0.2, -0.15) is 4.99 Å². The second-order valence-corrected chi connectivity index (χ2v) is 5.41. The van der Waals surface area contributed by atoms with Crippen LogP contribution in [0, 0.1) is 0 Å². The Hall–Kier alpha value is -1.40. The molecule has 0 heterocycles. The largest absolute Gasteiger partial charge is 0.240 e. The summed E-state index contributed by atoms with van der Waals surface area (Å²) < 4.78 is 0. The molecule has 1 aromatic carbocycles. The lowest BCUT2D eigenvalue weighted by Gasteiger charge is -2.04. The third-order valence-corrected chi connectivity index (χ3v) is 3.71. The molecule has 0 spiro atoms. The summed E-state index contributed by atoms with van der Waals surface area (Å²) in [4.78, 5) is 14.1. The van der Waals surface area contributed by atoms with Crippen LogP contribution in [-0.2, 0) is 11.2 Å². The van der Waals surface area contributed by atoms with Gasteiger partial charge in [-0.3, -0.25) is 0 Å². The summed E-state index contributed by atoms with van der Waals surface area (Å²) in [6, 6.07) is 7.86. The molecule has 0 aliphatic heterocycles. The van der Waals surface area contributed by atoms with Crippen LogP contribution < -0.4 is 0 Å². The Kier molecular flexibility index (Phi) is 9.52. The lowest BCUT2D eigenvalue weighted by atomic mass is 10.0. The Morgan fingerprint density at radius 3 is 2.15 bits per heavy atom. The number of isocyanates is 1. The van der Waals surface area contributed by atoms with Crippen molar-refractivity contribution in [3.63, 3.8) is 0 Å². The Morgan fingerprint density at radius 2 is 1.50 bits per heavy atom. The zero-order valence-electron chi connectivity index (χ0n) is 12.7. The summed E-state index contributed by atoms with van der Waals surface area (Å²) in [5.41, 5.74) is 1.95. The van der Waals surface area contributed by atoms with Gasteiger partial charge in [0.05, 0.1) is 5.69 Å². The molecule has 1 rings (SSSR count). The van der Waals surface area contributed by atoms with Gasteiger partial charge in [0.1, 0.15) is 0 Å². The quantitative estimate of drug-likeness (QED) is 0.288. The molecule has 0 unspecified atom stereocenters. The van der Waals surface area contributed by atoms with Crippen LogP contribution in [0.4, 0.5) is 5.69 Å². The average Bonchev–Trinajstić information content (AvgIpc) is 2.47. The molecule has 2 nitrogen and oxygen atoms in total. The normalized spacial score (nSPS) is 10.2. The fourth-order valence-electron chi connectivity index (χ4n) is 2.51. The molecular formula is C18H27NO. The second-order valence-electron chi connectivity index (χ2n) is 5.41. The van der Waals surface area contributed by atoms with Gasteiger partial charge in [0.2, 0.25) is 6.08 Å². The van der Waals surface area contributed by atoms with Gasteiger partial charge in [0.25, 0.3) is 0 Å². The maximum absolute atomic E-state index is 10.4. The highest BCUT2D eigenvalue weighted by Crippen LogP contribution is 2.20. The number of carbonyl (C=O) groups excluding carboxylic acids is 1. The average molecular weight is 273 g/mol. The van der Waals surface area contributed by atoms with E-state index >= 15 is 0 Å². The van der Waals surface area contributed by atoms with E-state index in [2.05, 4.69) is 18.0 Å². The van der Waals surface area contributed by atoms with Gasteiger partial charge in [-0.15, -0.1) is 0 Å². The smallest absolute Gasteiger partial charge is 0.211 e. The van der Waals surface area contributed by atoms with Gasteiger partial charge in [0.15, 0.2) is 0 Å². The van der Waals surface area contributed by atoms with Crippen molar-refractivity contribution in [1.29, 1.82) is 0 Å². The number of aryl methyl sites for hydroxylation is 1. The summed E-state index contributed by atoms with van der Waals surface area (Å²) >= 11 is 0. The standard InChI is InChI=1S/C18H27NO/c1-2-3-4-5-6-7-8-9-10-13-17-14-11-12-15-18(17)19-16-20/h11-12,14-15H,2-10,13H2,1H3. The molecule has 0 saturated heterocycles. The first kappa shape index (κ1) is 16.7. The first-order valence-corrected chi connectivity index (χ1v) is 8.04. The zero-order chi connectivity index (χ0) is 14.5. The number of aliphatic imine (C=N–C) groups is 1. The van der Waals surface area contributed by atoms with Gasteiger partial charge < -0.3 is 0 Å². The van der Waals surface area contributed by atoms with Crippen molar-refractivity contribution >= 4 is 11.8 Å². The molecule has 1 aromatic rings. The van der Waals surface area contributed by atoms with Gasteiger partial charge in [0, 0.05) is 0 Å². The van der Waals surface area contributed by atoms with Crippen LogP contribution in [0.2, 0.25) is 0 Å². The van der Waals surface area contributed by atoms with E-state index in [1.807, 2.05) is 18.2 Å². The lowest BCUT2D eigenvalue weighted by molar-refractivity contribution is 0.564. The van der Waals surface area contributed by atoms with E-state index in [9.17, 15) is 4.79 Å². The fourth-order valence-corrected chi connectivity index (χ4v) is 2.51. The molecule has 20 heavy (non-hydrogen) atoms. The van der Waals surface area contributed by atoms with Crippen molar-refractivity contribution in [2.24, 2.45) is 4.99 Å². The third kappa shape index (κ3) is 7.25. The Labute approximate surface area is 123 Å². The molecule has 0 aliphatic rings. The van der Waals surface area contributed by atoms with Gasteiger partial charge in [-0.05, 0) is 24.5 Å². The van der Waals surface area contributed by atoms with E-state index < -0.39 is 0 Å². The maximum Gasteiger partial charge on any atom is 0.240 e. The zero-order valence-corrected chi connectivity index (χ0v) is 12.7. The molecule has 0 N–H and O–H groups in total. The maximum atomic E-state index is 10.4. The number of rotatable bonds is 11. The van der Waals surface area contributed by atoms with Crippen molar-refractivity contribution in [1.82, 2.24) is 0 Å². The summed E-state index contributed by atoms with van der Waals surface area (Å²) in [5, 5.41) is 0. The van der Waals surface area contributed by atoms with Crippen LogP contribution in [-0.4, -0.2) is 6.08 Å². The van der Waals surface area contributed by atoms with Crippen molar-refractivity contribution in [3.8, 4) is 0 Å². The number of hydrogen-bond acceptors (Lipinski definition) is 2. The Morgan fingerprint density at radius 1 is 0.900 bits per heavy atom. The van der Waals surface area contributed by atoms with Gasteiger partial charge in [-0.25, -0.2) is 4.79 Å². The predicted molar refractivity (Wildman–Crippen MR) is 85.2 cm³/mol. The topological polar surface area (TPSA) is 29.4 Å². The van der Waals surface area contributed by atoms with Crippen molar-refractivity contribution in [2.75, 3.05) is 0 Å². The number of para-hydroxylation sites is 1. The van der Waals surface area contributed by atoms with Crippen LogP contribution in [0.25, 0.3) is 0 Å². The molecule has 110 valence electrons. The molecule has 0 atom stereocenters. The molecule has 0 aromatic heterocycles. The Bertz CT molecular complexity index is 408. The summed E-state index contributed by atoms with van der Waals surface area (Å²) in [7, 11) is 0. The van der Waals surface area contributed by atoms with Gasteiger partial charge in [-0.1, -0.05) is 76.5 Å². The van der Waals surface area contributed by atoms with Crippen LogP contribution in [0.15, 0.2) is 29.3 Å². The minimum absolute atomic E-state index is 0.780. The lowest BCUT2D eigenvalue weighted by Crippen LogP contribution is -1.87. The molecule has 0 bridgehead atoms. The van der Waals surface area contributed by atoms with E-state index in [0.29, 0.717) is 0 Å². The number of nitrogens with zero attached hydrogens (tertiary/aromatic N) is 1. The van der Waals surface area contributed by atoms with Crippen LogP contribution in [0.5, 0.6) is 0 Å². The highest BCUT2D eigenvalue weighted by atomic mass is 16.1. The summed E-state index contributed by atoms with van der Waals surface area (Å²) in [5.74, 6) is 0. The van der Waals surface area contributed by atoms with Crippen LogP contribution in [0.1, 0.15) is 70.3 Å². The van der Waals surface area contributed by atoms with Crippen molar-refractivity contribution in [2.45, 2.75) is 71.1 Å². The summed E-state index contributed by atoms with van der Waals surface area (Å²) in [6.07, 6.45) is 14.7. The molecule has 0 fully saturated rings. The highest BCUT2D eigenvalue weighted by molar-refractivity contribution is 5.53. The van der Waals surface area contributed by atoms with E-state index in [0.717, 1.165) is 12.1 Å². The molecule has 0 saturated carbocycles. The minimum Gasteiger partial charge on any atom is -0.211 e. The SMILES string of the molecule is CCCCCCCCCCCc1ccccc1N=C=O. The molecular weight excluding hydrogens is 246 g/mol. The van der Waals surface area contributed by atoms with E-state index in [1.165, 1.54) is 63.4 Å². The summed E-state index contributed by atoms with van der Waals surface area (Å²) in [6.45, 7) is 2.26. The van der Waals surface area contributed by atoms with E-state index in [4.69, 9.17) is 0 Å².